The molecule has 1 unspecified atom stereocenters. The van der Waals surface area contributed by atoms with E-state index < -0.39 is 5.97 Å². The fourth-order valence-electron chi connectivity index (χ4n) is 3.36. The molecule has 0 aromatic rings. The second-order valence-electron chi connectivity index (χ2n) is 7.15. The van der Waals surface area contributed by atoms with Crippen molar-refractivity contribution in [3.8, 4) is 0 Å². The summed E-state index contributed by atoms with van der Waals surface area (Å²) < 4.78 is 16.9. The quantitative estimate of drug-likeness (QED) is 0.250. The molecule has 3 heteroatoms. The molecular formula is C20H42O3. The van der Waals surface area contributed by atoms with Gasteiger partial charge in [0.25, 0.3) is 5.97 Å². The highest BCUT2D eigenvalue weighted by atomic mass is 16.9. The largest absolute Gasteiger partial charge is 0.331 e. The van der Waals surface area contributed by atoms with Crippen LogP contribution in [-0.2, 0) is 14.2 Å². The Morgan fingerprint density at radius 1 is 0.652 bits per heavy atom. The van der Waals surface area contributed by atoms with Gasteiger partial charge < -0.3 is 14.2 Å². The van der Waals surface area contributed by atoms with Crippen molar-refractivity contribution in [3.05, 3.63) is 0 Å². The van der Waals surface area contributed by atoms with Crippen LogP contribution in [0.5, 0.6) is 0 Å². The molecule has 0 aliphatic heterocycles. The first-order valence-electron chi connectivity index (χ1n) is 9.71. The average molecular weight is 331 g/mol. The van der Waals surface area contributed by atoms with Gasteiger partial charge in [0.15, 0.2) is 0 Å². The average Bonchev–Trinajstić information content (AvgIpc) is 2.55. The molecule has 23 heavy (non-hydrogen) atoms. The highest BCUT2D eigenvalue weighted by molar-refractivity contribution is 4.72. The van der Waals surface area contributed by atoms with E-state index in [9.17, 15) is 0 Å². The van der Waals surface area contributed by atoms with Crippen molar-refractivity contribution in [2.75, 3.05) is 21.3 Å². The minimum Gasteiger partial charge on any atom is -0.331 e. The number of hydrogen-bond donors (Lipinski definition) is 0. The lowest BCUT2D eigenvalue weighted by Crippen LogP contribution is -2.44. The summed E-state index contributed by atoms with van der Waals surface area (Å²) in [5, 5.41) is 0. The SMILES string of the molecule is CCCCCCCCC(CCCCC(C)C)C(OC)(OC)OC. The van der Waals surface area contributed by atoms with Crippen LogP contribution in [0.15, 0.2) is 0 Å². The summed E-state index contributed by atoms with van der Waals surface area (Å²) in [7, 11) is 5.07. The van der Waals surface area contributed by atoms with E-state index in [1.165, 1.54) is 57.8 Å². The molecule has 3 nitrogen and oxygen atoms in total. The first-order chi connectivity index (χ1) is 11.1. The number of unbranched alkanes of at least 4 members (excludes halogenated alkanes) is 6. The van der Waals surface area contributed by atoms with Gasteiger partial charge in [-0.2, -0.15) is 0 Å². The van der Waals surface area contributed by atoms with Gasteiger partial charge in [-0.1, -0.05) is 78.6 Å². The van der Waals surface area contributed by atoms with Crippen LogP contribution < -0.4 is 0 Å². The molecular weight excluding hydrogens is 288 g/mol. The molecule has 0 fully saturated rings. The predicted molar refractivity (Wildman–Crippen MR) is 98.5 cm³/mol. The molecule has 0 saturated heterocycles. The highest BCUT2D eigenvalue weighted by Crippen LogP contribution is 2.33. The zero-order valence-corrected chi connectivity index (χ0v) is 16.7. The normalized spacial score (nSPS) is 13.7. The van der Waals surface area contributed by atoms with E-state index in [1.54, 1.807) is 21.3 Å². The van der Waals surface area contributed by atoms with Crippen LogP contribution in [0.1, 0.15) is 91.4 Å². The minimum absolute atomic E-state index is 0.306. The minimum atomic E-state index is -0.874. The molecule has 0 rings (SSSR count). The summed E-state index contributed by atoms with van der Waals surface area (Å²) in [6.45, 7) is 6.84. The molecule has 0 saturated carbocycles. The van der Waals surface area contributed by atoms with Gasteiger partial charge in [-0.15, -0.1) is 0 Å². The monoisotopic (exact) mass is 330 g/mol. The summed E-state index contributed by atoms with van der Waals surface area (Å²) in [5.41, 5.74) is 0. The predicted octanol–water partition coefficient (Wildman–Crippen LogP) is 6.16. The van der Waals surface area contributed by atoms with Crippen molar-refractivity contribution >= 4 is 0 Å². The number of methoxy groups -OCH3 is 3. The van der Waals surface area contributed by atoms with Gasteiger partial charge in [-0.25, -0.2) is 0 Å². The van der Waals surface area contributed by atoms with Gasteiger partial charge >= 0.3 is 0 Å². The molecule has 0 N–H and O–H groups in total. The maximum atomic E-state index is 5.63. The van der Waals surface area contributed by atoms with Gasteiger partial charge in [-0.05, 0) is 18.8 Å². The van der Waals surface area contributed by atoms with Crippen molar-refractivity contribution in [1.29, 1.82) is 0 Å². The van der Waals surface area contributed by atoms with Crippen LogP contribution >= 0.6 is 0 Å². The van der Waals surface area contributed by atoms with Gasteiger partial charge in [-0.3, -0.25) is 0 Å². The van der Waals surface area contributed by atoms with Crippen LogP contribution in [0.25, 0.3) is 0 Å². The Morgan fingerprint density at radius 3 is 1.57 bits per heavy atom. The topological polar surface area (TPSA) is 27.7 Å². The first-order valence-corrected chi connectivity index (χ1v) is 9.71. The Balaban J connectivity index is 4.36. The van der Waals surface area contributed by atoms with E-state index in [0.29, 0.717) is 5.92 Å². The van der Waals surface area contributed by atoms with Crippen molar-refractivity contribution in [3.63, 3.8) is 0 Å². The van der Waals surface area contributed by atoms with Crippen LogP contribution in [0, 0.1) is 11.8 Å². The van der Waals surface area contributed by atoms with Crippen molar-refractivity contribution < 1.29 is 14.2 Å². The van der Waals surface area contributed by atoms with E-state index in [1.807, 2.05) is 0 Å². The maximum Gasteiger partial charge on any atom is 0.285 e. The molecule has 0 aliphatic carbocycles. The van der Waals surface area contributed by atoms with E-state index in [4.69, 9.17) is 14.2 Å². The van der Waals surface area contributed by atoms with Crippen LogP contribution in [0.3, 0.4) is 0 Å². The van der Waals surface area contributed by atoms with Crippen molar-refractivity contribution in [2.45, 2.75) is 97.4 Å². The molecule has 0 aromatic heterocycles. The molecule has 140 valence electrons. The third kappa shape index (κ3) is 9.69. The lowest BCUT2D eigenvalue weighted by molar-refractivity contribution is -0.380. The van der Waals surface area contributed by atoms with Gasteiger partial charge in [0.2, 0.25) is 0 Å². The van der Waals surface area contributed by atoms with Crippen molar-refractivity contribution in [2.24, 2.45) is 11.8 Å². The van der Waals surface area contributed by atoms with E-state index in [0.717, 1.165) is 18.8 Å². The fraction of sp³-hybridized carbons (Fsp3) is 1.00. The Hall–Kier alpha value is -0.120. The molecule has 0 heterocycles. The second kappa shape index (κ2) is 14.2. The van der Waals surface area contributed by atoms with Crippen LogP contribution in [0.4, 0.5) is 0 Å². The summed E-state index contributed by atoms with van der Waals surface area (Å²) in [6, 6.07) is 0. The standard InChI is InChI=1S/C20H42O3/c1-7-8-9-10-11-12-16-19(17-14-13-15-18(2)3)20(21-4,22-5)23-6/h18-19H,7-17H2,1-6H3. The summed E-state index contributed by atoms with van der Waals surface area (Å²) in [6.07, 6.45) is 13.9. The second-order valence-corrected chi connectivity index (χ2v) is 7.15. The molecule has 0 spiro atoms. The Kier molecular flexibility index (Phi) is 14.2. The van der Waals surface area contributed by atoms with Crippen LogP contribution in [0.2, 0.25) is 0 Å². The highest BCUT2D eigenvalue weighted by Gasteiger charge is 2.39. The number of rotatable bonds is 16. The molecule has 1 atom stereocenters. The lowest BCUT2D eigenvalue weighted by atomic mass is 9.91. The van der Waals surface area contributed by atoms with Crippen molar-refractivity contribution in [1.82, 2.24) is 0 Å². The summed E-state index contributed by atoms with van der Waals surface area (Å²) in [5.74, 6) is 0.214. The van der Waals surface area contributed by atoms with E-state index >= 15 is 0 Å². The molecule has 0 amide bonds. The van der Waals surface area contributed by atoms with Crippen LogP contribution in [-0.4, -0.2) is 27.3 Å². The maximum absolute atomic E-state index is 5.63. The third-order valence-corrected chi connectivity index (χ3v) is 4.84. The zero-order chi connectivity index (χ0) is 17.6. The van der Waals surface area contributed by atoms with Gasteiger partial charge in [0.1, 0.15) is 0 Å². The van der Waals surface area contributed by atoms with Gasteiger partial charge in [0, 0.05) is 27.2 Å². The Labute approximate surface area is 145 Å². The summed E-state index contributed by atoms with van der Waals surface area (Å²) >= 11 is 0. The Morgan fingerprint density at radius 2 is 1.09 bits per heavy atom. The molecule has 0 bridgehead atoms. The van der Waals surface area contributed by atoms with E-state index in [2.05, 4.69) is 20.8 Å². The zero-order valence-electron chi connectivity index (χ0n) is 16.7. The molecule has 0 aliphatic rings. The van der Waals surface area contributed by atoms with Gasteiger partial charge in [0.05, 0.1) is 0 Å². The Bertz CT molecular complexity index is 241. The third-order valence-electron chi connectivity index (χ3n) is 4.84. The summed E-state index contributed by atoms with van der Waals surface area (Å²) in [4.78, 5) is 0. The lowest BCUT2D eigenvalue weighted by Gasteiger charge is -2.36. The molecule has 0 radical (unpaired) electrons. The number of hydrogen-bond acceptors (Lipinski definition) is 3. The van der Waals surface area contributed by atoms with E-state index in [-0.39, 0.29) is 0 Å². The first kappa shape index (κ1) is 22.9. The smallest absolute Gasteiger partial charge is 0.285 e. The fourth-order valence-corrected chi connectivity index (χ4v) is 3.36. The number of ether oxygens (including phenoxy) is 3. The molecule has 0 aromatic carbocycles.